The third kappa shape index (κ3) is 3.70. The van der Waals surface area contributed by atoms with Gasteiger partial charge in [-0.25, -0.2) is 0 Å². The lowest BCUT2D eigenvalue weighted by Crippen LogP contribution is -2.53. The molecule has 0 radical (unpaired) electrons. The first-order valence-corrected chi connectivity index (χ1v) is 6.68. The summed E-state index contributed by atoms with van der Waals surface area (Å²) in [5.41, 5.74) is 11.2. The molecule has 0 saturated carbocycles. The number of amides is 2. The number of nitrogens with two attached hydrogens (primary N) is 2. The average molecular weight is 255 g/mol. The number of likely N-dealkylation sites (tertiary alicyclic amines) is 1. The maximum absolute atomic E-state index is 12.3. The van der Waals surface area contributed by atoms with Gasteiger partial charge in [0.1, 0.15) is 0 Å². The minimum absolute atomic E-state index is 0.0536. The van der Waals surface area contributed by atoms with Crippen LogP contribution in [0.4, 0.5) is 0 Å². The van der Waals surface area contributed by atoms with E-state index in [1.807, 2.05) is 20.8 Å². The van der Waals surface area contributed by atoms with Crippen LogP contribution in [0.1, 0.15) is 40.0 Å². The summed E-state index contributed by atoms with van der Waals surface area (Å²) in [7, 11) is 0. The molecule has 2 amide bonds. The molecule has 18 heavy (non-hydrogen) atoms. The Morgan fingerprint density at radius 1 is 1.33 bits per heavy atom. The molecular weight excluding hydrogens is 230 g/mol. The van der Waals surface area contributed by atoms with Crippen LogP contribution in [-0.2, 0) is 9.59 Å². The summed E-state index contributed by atoms with van der Waals surface area (Å²) in [4.78, 5) is 25.2. The maximum atomic E-state index is 12.3. The van der Waals surface area contributed by atoms with Gasteiger partial charge >= 0.3 is 0 Å². The van der Waals surface area contributed by atoms with Crippen LogP contribution in [0.15, 0.2) is 0 Å². The lowest BCUT2D eigenvalue weighted by atomic mass is 9.91. The number of piperidine rings is 1. The quantitative estimate of drug-likeness (QED) is 0.765. The fourth-order valence-corrected chi connectivity index (χ4v) is 2.47. The second-order valence-corrected chi connectivity index (χ2v) is 5.75. The molecule has 1 aliphatic heterocycles. The highest BCUT2D eigenvalue weighted by Crippen LogP contribution is 2.22. The lowest BCUT2D eigenvalue weighted by Gasteiger charge is -2.38. The van der Waals surface area contributed by atoms with E-state index >= 15 is 0 Å². The van der Waals surface area contributed by atoms with Gasteiger partial charge in [-0.3, -0.25) is 9.59 Å². The van der Waals surface area contributed by atoms with Gasteiger partial charge < -0.3 is 16.4 Å². The second-order valence-electron chi connectivity index (χ2n) is 5.75. The van der Waals surface area contributed by atoms with Crippen LogP contribution < -0.4 is 11.5 Å². The molecule has 0 aromatic heterocycles. The summed E-state index contributed by atoms with van der Waals surface area (Å²) in [5, 5.41) is 0. The molecule has 3 atom stereocenters. The van der Waals surface area contributed by atoms with E-state index in [9.17, 15) is 9.59 Å². The minimum Gasteiger partial charge on any atom is -0.369 e. The average Bonchev–Trinajstić information content (AvgIpc) is 2.27. The first-order chi connectivity index (χ1) is 8.32. The van der Waals surface area contributed by atoms with Crippen LogP contribution in [-0.4, -0.2) is 35.3 Å². The summed E-state index contributed by atoms with van der Waals surface area (Å²) in [5.74, 6) is -0.216. The standard InChI is InChI=1S/C13H25N3O2/c1-8(2)6-11(14)13(18)16-7-10(12(15)17)5-4-9(16)3/h8-11H,4-7,14H2,1-3H3,(H2,15,17). The normalized spacial score (nSPS) is 26.2. The largest absolute Gasteiger partial charge is 0.369 e. The van der Waals surface area contributed by atoms with Gasteiger partial charge in [-0.1, -0.05) is 13.8 Å². The first-order valence-electron chi connectivity index (χ1n) is 6.68. The van der Waals surface area contributed by atoms with Gasteiger partial charge in [-0.05, 0) is 32.1 Å². The van der Waals surface area contributed by atoms with E-state index in [-0.39, 0.29) is 23.8 Å². The molecule has 0 aromatic carbocycles. The van der Waals surface area contributed by atoms with Crippen molar-refractivity contribution >= 4 is 11.8 Å². The topological polar surface area (TPSA) is 89.4 Å². The van der Waals surface area contributed by atoms with Crippen LogP contribution in [0.3, 0.4) is 0 Å². The fraction of sp³-hybridized carbons (Fsp3) is 0.846. The molecule has 0 aliphatic carbocycles. The Morgan fingerprint density at radius 2 is 1.94 bits per heavy atom. The number of hydrogen-bond donors (Lipinski definition) is 2. The fourth-order valence-electron chi connectivity index (χ4n) is 2.47. The molecule has 1 fully saturated rings. The highest BCUT2D eigenvalue weighted by molar-refractivity contribution is 5.83. The lowest BCUT2D eigenvalue weighted by molar-refractivity contribution is -0.139. The molecule has 0 bridgehead atoms. The Hall–Kier alpha value is -1.10. The Kier molecular flexibility index (Phi) is 5.14. The van der Waals surface area contributed by atoms with Crippen LogP contribution in [0.5, 0.6) is 0 Å². The van der Waals surface area contributed by atoms with Gasteiger partial charge in [0.2, 0.25) is 11.8 Å². The summed E-state index contributed by atoms with van der Waals surface area (Å²) < 4.78 is 0. The summed E-state index contributed by atoms with van der Waals surface area (Å²) >= 11 is 0. The van der Waals surface area contributed by atoms with Crippen LogP contribution in [0.25, 0.3) is 0 Å². The predicted octanol–water partition coefficient (Wildman–Crippen LogP) is 0.472. The Morgan fingerprint density at radius 3 is 2.44 bits per heavy atom. The minimum atomic E-state index is -0.473. The first kappa shape index (κ1) is 15.0. The van der Waals surface area contributed by atoms with Crippen molar-refractivity contribution in [1.82, 2.24) is 4.90 Å². The van der Waals surface area contributed by atoms with Crippen molar-refractivity contribution in [2.45, 2.75) is 52.1 Å². The predicted molar refractivity (Wildman–Crippen MR) is 70.5 cm³/mol. The van der Waals surface area contributed by atoms with E-state index in [2.05, 4.69) is 0 Å². The summed E-state index contributed by atoms with van der Waals surface area (Å²) in [6, 6.07) is -0.328. The number of primary amides is 1. The molecule has 4 N–H and O–H groups in total. The molecule has 5 heteroatoms. The van der Waals surface area contributed by atoms with Gasteiger partial charge in [0.15, 0.2) is 0 Å². The molecule has 3 unspecified atom stereocenters. The van der Waals surface area contributed by atoms with E-state index in [0.29, 0.717) is 18.9 Å². The number of carbonyl (C=O) groups excluding carboxylic acids is 2. The molecule has 1 aliphatic rings. The Balaban J connectivity index is 2.67. The summed E-state index contributed by atoms with van der Waals surface area (Å²) in [6.45, 7) is 6.50. The third-order valence-corrected chi connectivity index (χ3v) is 3.61. The molecule has 5 nitrogen and oxygen atoms in total. The van der Waals surface area contributed by atoms with E-state index in [0.717, 1.165) is 12.8 Å². The maximum Gasteiger partial charge on any atom is 0.239 e. The molecular formula is C13H25N3O2. The van der Waals surface area contributed by atoms with Crippen molar-refractivity contribution in [2.75, 3.05) is 6.54 Å². The molecule has 0 spiro atoms. The highest BCUT2D eigenvalue weighted by Gasteiger charge is 2.33. The van der Waals surface area contributed by atoms with Crippen molar-refractivity contribution in [3.05, 3.63) is 0 Å². The number of hydrogen-bond acceptors (Lipinski definition) is 3. The molecule has 1 heterocycles. The van der Waals surface area contributed by atoms with E-state index in [4.69, 9.17) is 11.5 Å². The highest BCUT2D eigenvalue weighted by atomic mass is 16.2. The third-order valence-electron chi connectivity index (χ3n) is 3.61. The van der Waals surface area contributed by atoms with Crippen LogP contribution in [0.2, 0.25) is 0 Å². The summed E-state index contributed by atoms with van der Waals surface area (Å²) in [6.07, 6.45) is 2.25. The molecule has 104 valence electrons. The van der Waals surface area contributed by atoms with E-state index in [1.54, 1.807) is 4.90 Å². The Bertz CT molecular complexity index is 317. The molecule has 0 aromatic rings. The zero-order valence-corrected chi connectivity index (χ0v) is 11.6. The van der Waals surface area contributed by atoms with Crippen molar-refractivity contribution < 1.29 is 9.59 Å². The number of nitrogens with zero attached hydrogens (tertiary/aromatic N) is 1. The smallest absolute Gasteiger partial charge is 0.239 e. The van der Waals surface area contributed by atoms with Gasteiger partial charge in [0.05, 0.1) is 12.0 Å². The van der Waals surface area contributed by atoms with Crippen molar-refractivity contribution in [3.8, 4) is 0 Å². The van der Waals surface area contributed by atoms with Crippen LogP contribution in [0, 0.1) is 11.8 Å². The van der Waals surface area contributed by atoms with Crippen molar-refractivity contribution in [2.24, 2.45) is 23.3 Å². The zero-order chi connectivity index (χ0) is 13.9. The number of carbonyl (C=O) groups is 2. The van der Waals surface area contributed by atoms with Gasteiger partial charge in [-0.2, -0.15) is 0 Å². The monoisotopic (exact) mass is 255 g/mol. The molecule has 1 rings (SSSR count). The Labute approximate surface area is 109 Å². The van der Waals surface area contributed by atoms with Gasteiger partial charge in [-0.15, -0.1) is 0 Å². The SMILES string of the molecule is CC(C)CC(N)C(=O)N1CC(C(N)=O)CCC1C. The second kappa shape index (κ2) is 6.18. The van der Waals surface area contributed by atoms with E-state index in [1.165, 1.54) is 0 Å². The molecule has 1 saturated heterocycles. The van der Waals surface area contributed by atoms with Gasteiger partial charge in [0, 0.05) is 12.6 Å². The van der Waals surface area contributed by atoms with Crippen molar-refractivity contribution in [3.63, 3.8) is 0 Å². The van der Waals surface area contributed by atoms with Crippen LogP contribution >= 0.6 is 0 Å². The van der Waals surface area contributed by atoms with Gasteiger partial charge in [0.25, 0.3) is 0 Å². The number of rotatable bonds is 4. The van der Waals surface area contributed by atoms with Crippen molar-refractivity contribution in [1.29, 1.82) is 0 Å². The van der Waals surface area contributed by atoms with E-state index < -0.39 is 6.04 Å². The zero-order valence-electron chi connectivity index (χ0n) is 11.6.